The van der Waals surface area contributed by atoms with E-state index in [-0.39, 0.29) is 40.4 Å². The summed E-state index contributed by atoms with van der Waals surface area (Å²) in [4.78, 5) is 69.4. The number of carbonyl (C=O) groups excluding carboxylic acids is 4. The molecule has 5 heterocycles. The number of nitrogens with zero attached hydrogens (tertiary/aromatic N) is 3. The highest BCUT2D eigenvalue weighted by atomic mass is 35.5. The Morgan fingerprint density at radius 3 is 2.52 bits per heavy atom. The van der Waals surface area contributed by atoms with E-state index in [1.165, 1.54) is 21.8 Å². The summed E-state index contributed by atoms with van der Waals surface area (Å²) in [6.45, 7) is 2.66. The molecule has 15 heteroatoms. The number of rotatable bonds is 10. The van der Waals surface area contributed by atoms with Crippen LogP contribution < -0.4 is 27.0 Å². The lowest BCUT2D eigenvalue weighted by molar-refractivity contribution is -0.135. The quantitative estimate of drug-likeness (QED) is 0.0826. The molecule has 4 amide bonds. The molecule has 2 saturated heterocycles. The van der Waals surface area contributed by atoms with Crippen LogP contribution in [0.5, 0.6) is 0 Å². The van der Waals surface area contributed by atoms with E-state index in [1.807, 2.05) is 36.4 Å². The number of unbranched alkanes of at least 4 members (excludes halogenated alkanes) is 2. The van der Waals surface area contributed by atoms with Gasteiger partial charge in [-0.15, -0.1) is 0 Å². The van der Waals surface area contributed by atoms with Gasteiger partial charge >= 0.3 is 5.69 Å². The third-order valence-corrected chi connectivity index (χ3v) is 15.5. The average molecular weight is 921 g/mol. The molecule has 1 aliphatic carbocycles. The fraction of sp³-hybridized carbons (Fsp3) is 0.420. The number of imide groups is 1. The van der Waals surface area contributed by atoms with Crippen molar-refractivity contribution in [3.05, 3.63) is 127 Å². The minimum Gasteiger partial charge on any atom is -0.325 e. The van der Waals surface area contributed by atoms with E-state index in [0.717, 1.165) is 82.1 Å². The first-order chi connectivity index (χ1) is 31.4. The van der Waals surface area contributed by atoms with Crippen LogP contribution in [0.15, 0.2) is 77.6 Å². The number of amides is 4. The van der Waals surface area contributed by atoms with Crippen LogP contribution in [-0.4, -0.2) is 62.3 Å². The van der Waals surface area contributed by atoms with Gasteiger partial charge in [0.25, 0.3) is 0 Å². The number of benzene rings is 4. The average Bonchev–Trinajstić information content (AvgIpc) is 3.84. The number of fused-ring (bicyclic) bond motifs is 5. The first kappa shape index (κ1) is 43.5. The maximum Gasteiger partial charge on any atom is 0.329 e. The topological polar surface area (TPSA) is 147 Å². The van der Waals surface area contributed by atoms with Crippen LogP contribution in [0.4, 0.5) is 15.8 Å². The third kappa shape index (κ3) is 7.39. The molecule has 0 radical (unpaired) electrons. The van der Waals surface area contributed by atoms with Crippen molar-refractivity contribution in [1.29, 1.82) is 0 Å². The fourth-order valence-corrected chi connectivity index (χ4v) is 12.3. The second kappa shape index (κ2) is 17.1. The van der Waals surface area contributed by atoms with Gasteiger partial charge in [-0.1, -0.05) is 79.2 Å². The molecule has 0 bridgehead atoms. The van der Waals surface area contributed by atoms with Gasteiger partial charge in [-0.2, -0.15) is 0 Å². The van der Waals surface area contributed by atoms with Crippen LogP contribution >= 0.6 is 23.2 Å². The van der Waals surface area contributed by atoms with Gasteiger partial charge in [0, 0.05) is 54.4 Å². The molecule has 4 N–H and O–H groups in total. The molecule has 1 saturated carbocycles. The predicted octanol–water partition coefficient (Wildman–Crippen LogP) is 7.82. The highest BCUT2D eigenvalue weighted by Crippen LogP contribution is 2.63. The molecule has 3 fully saturated rings. The molecule has 5 aliphatic rings. The van der Waals surface area contributed by atoms with Crippen molar-refractivity contribution in [3.63, 3.8) is 0 Å². The van der Waals surface area contributed by atoms with Gasteiger partial charge in [-0.05, 0) is 122 Å². The lowest BCUT2D eigenvalue weighted by Crippen LogP contribution is -2.60. The van der Waals surface area contributed by atoms with E-state index in [0.29, 0.717) is 46.7 Å². The fourth-order valence-electron chi connectivity index (χ4n) is 12.0. The van der Waals surface area contributed by atoms with Gasteiger partial charge in [0.05, 0.1) is 22.1 Å². The zero-order valence-corrected chi connectivity index (χ0v) is 37.8. The largest absolute Gasteiger partial charge is 0.329 e. The van der Waals surface area contributed by atoms with E-state index in [2.05, 4.69) is 32.2 Å². The third-order valence-electron chi connectivity index (χ3n) is 15.0. The second-order valence-corrected chi connectivity index (χ2v) is 19.5. The number of anilines is 2. The molecular weight excluding hydrogens is 868 g/mol. The summed E-state index contributed by atoms with van der Waals surface area (Å²) in [6.07, 6.45) is 9.30. The van der Waals surface area contributed by atoms with Crippen molar-refractivity contribution in [1.82, 2.24) is 24.7 Å². The number of nitrogens with one attached hydrogen (secondary N) is 4. The minimum absolute atomic E-state index is 0.0644. The summed E-state index contributed by atoms with van der Waals surface area (Å²) in [6, 6.07) is 20.6. The van der Waals surface area contributed by atoms with E-state index < -0.39 is 40.7 Å². The van der Waals surface area contributed by atoms with Crippen molar-refractivity contribution in [3.8, 4) is 0 Å². The number of piperidine rings is 1. The molecule has 10 rings (SSSR count). The number of aromatic nitrogens is 2. The number of halogens is 3. The van der Waals surface area contributed by atoms with Gasteiger partial charge < -0.3 is 10.6 Å². The van der Waals surface area contributed by atoms with Crippen LogP contribution in [-0.2, 0) is 51.0 Å². The second-order valence-electron chi connectivity index (χ2n) is 18.6. The Labute approximate surface area is 386 Å². The molecule has 4 aromatic carbocycles. The van der Waals surface area contributed by atoms with Crippen molar-refractivity contribution in [2.24, 2.45) is 7.05 Å². The maximum atomic E-state index is 16.3. The number of imidazole rings is 1. The van der Waals surface area contributed by atoms with Gasteiger partial charge in [0.2, 0.25) is 23.6 Å². The number of carbonyl (C=O) groups is 4. The molecule has 1 unspecified atom stereocenters. The molecule has 65 heavy (non-hydrogen) atoms. The Hall–Kier alpha value is -5.34. The van der Waals surface area contributed by atoms with Crippen molar-refractivity contribution in [2.75, 3.05) is 23.7 Å². The molecule has 4 atom stereocenters. The first-order valence-corrected chi connectivity index (χ1v) is 23.7. The Balaban J connectivity index is 0.801. The summed E-state index contributed by atoms with van der Waals surface area (Å²) in [5, 5.41) is 12.8. The van der Waals surface area contributed by atoms with Crippen LogP contribution in [0.25, 0.3) is 11.0 Å². The Bertz CT molecular complexity index is 2840. The summed E-state index contributed by atoms with van der Waals surface area (Å²) < 4.78 is 19.4. The summed E-state index contributed by atoms with van der Waals surface area (Å²) in [5.41, 5.74) is 4.78. The summed E-state index contributed by atoms with van der Waals surface area (Å²) in [5.74, 6) is -2.89. The molecule has 2 spiro atoms. The standard InChI is InChI=1S/C50H52Cl2FN7O5/c1-58-40-25-29(12-17-38(40)60(48(58)65)39-18-19-41(61)56-45(39)62)9-4-2-7-23-59-24-20-30-26-33(15-13-31(30)28-59)54-46(63)44-42(34-10-8-11-36(52)43(34)53)50(49(57-44)21-5-3-6-22-49)35-16-14-32(51)27-37(35)55-47(50)64/h8,10-17,25-27,39,42,44,57H,2-7,9,18-24,28H2,1H3,(H,54,63)(H,55,64)(H,56,61,62)/t39?,42-,44+,50+/m0/s1. The predicted molar refractivity (Wildman–Crippen MR) is 249 cm³/mol. The first-order valence-electron chi connectivity index (χ1n) is 22.9. The Morgan fingerprint density at radius 1 is 0.877 bits per heavy atom. The molecular formula is C50H52Cl2FN7O5. The van der Waals surface area contributed by atoms with Crippen molar-refractivity contribution in [2.45, 2.75) is 113 Å². The SMILES string of the molecule is Cn1c(=O)n(C2CCC(=O)NC2=O)c2ccc(CCCCCN3CCc4cc(NC(=O)[C@@H]5NC6(CCCCC6)[C@@]6(C(=O)Nc7cc(Cl)ccc76)[C@H]5c5cccc(Cl)c5F)ccc4C3)cc21. The normalized spacial score (nSPS) is 23.8. The zero-order chi connectivity index (χ0) is 45.2. The zero-order valence-electron chi connectivity index (χ0n) is 36.3. The molecule has 1 aromatic heterocycles. The van der Waals surface area contributed by atoms with Gasteiger partial charge in [0.1, 0.15) is 17.3 Å². The lowest BCUT2D eigenvalue weighted by atomic mass is 9.55. The summed E-state index contributed by atoms with van der Waals surface area (Å²) in [7, 11) is 1.72. The van der Waals surface area contributed by atoms with Crippen LogP contribution in [0.3, 0.4) is 0 Å². The Kier molecular flexibility index (Phi) is 11.5. The number of hydrogen-bond acceptors (Lipinski definition) is 7. The highest BCUT2D eigenvalue weighted by Gasteiger charge is 2.72. The molecule has 338 valence electrons. The smallest absolute Gasteiger partial charge is 0.325 e. The number of aryl methyl sites for hydroxylation is 2. The van der Waals surface area contributed by atoms with E-state index >= 15 is 4.39 Å². The van der Waals surface area contributed by atoms with Gasteiger partial charge in [0.15, 0.2) is 0 Å². The maximum absolute atomic E-state index is 16.3. The van der Waals surface area contributed by atoms with Gasteiger partial charge in [-0.25, -0.2) is 9.18 Å². The van der Waals surface area contributed by atoms with Gasteiger partial charge in [-0.3, -0.25) is 43.8 Å². The van der Waals surface area contributed by atoms with E-state index in [1.54, 1.807) is 35.9 Å². The molecule has 12 nitrogen and oxygen atoms in total. The monoisotopic (exact) mass is 919 g/mol. The van der Waals surface area contributed by atoms with Crippen LogP contribution in [0.1, 0.15) is 104 Å². The minimum atomic E-state index is -1.30. The van der Waals surface area contributed by atoms with E-state index in [9.17, 15) is 24.0 Å². The van der Waals surface area contributed by atoms with Crippen molar-refractivity contribution >= 4 is 69.2 Å². The van der Waals surface area contributed by atoms with E-state index in [4.69, 9.17) is 23.2 Å². The number of hydrogen-bond donors (Lipinski definition) is 4. The summed E-state index contributed by atoms with van der Waals surface area (Å²) >= 11 is 12.9. The van der Waals surface area contributed by atoms with Crippen LogP contribution in [0, 0.1) is 5.82 Å². The lowest BCUT2D eigenvalue weighted by Gasteiger charge is -2.47. The molecule has 4 aliphatic heterocycles. The molecule has 5 aromatic rings. The Morgan fingerprint density at radius 2 is 1.71 bits per heavy atom. The van der Waals surface area contributed by atoms with Crippen molar-refractivity contribution < 1.29 is 23.6 Å². The highest BCUT2D eigenvalue weighted by molar-refractivity contribution is 6.31. The van der Waals surface area contributed by atoms with Crippen LogP contribution in [0.2, 0.25) is 10.0 Å².